The maximum atomic E-state index is 5.49. The van der Waals surface area contributed by atoms with Gasteiger partial charge < -0.3 is 10.1 Å². The first-order valence-corrected chi connectivity index (χ1v) is 7.27. The molecule has 0 radical (unpaired) electrons. The monoisotopic (exact) mass is 251 g/mol. The summed E-state index contributed by atoms with van der Waals surface area (Å²) in [7, 11) is 1.76. The topological polar surface area (TPSA) is 21.3 Å². The molecule has 1 unspecified atom stereocenters. The van der Waals surface area contributed by atoms with Crippen molar-refractivity contribution in [2.24, 2.45) is 0 Å². The number of methoxy groups -OCH3 is 1. The Bertz CT molecular complexity index is 372. The molecule has 0 saturated carbocycles. The SMILES string of the molecule is COc1ccc(C(C)C)cc1C1CNCCS1. The highest BCUT2D eigenvalue weighted by atomic mass is 32.2. The zero-order valence-electron chi connectivity index (χ0n) is 10.8. The third-order valence-electron chi connectivity index (χ3n) is 3.19. The van der Waals surface area contributed by atoms with Crippen LogP contribution in [-0.2, 0) is 0 Å². The van der Waals surface area contributed by atoms with Gasteiger partial charge in [0.05, 0.1) is 7.11 Å². The Morgan fingerprint density at radius 3 is 2.82 bits per heavy atom. The van der Waals surface area contributed by atoms with E-state index in [1.54, 1.807) is 7.11 Å². The summed E-state index contributed by atoms with van der Waals surface area (Å²) in [5.41, 5.74) is 2.74. The highest BCUT2D eigenvalue weighted by molar-refractivity contribution is 7.99. The molecule has 1 aliphatic heterocycles. The Balaban J connectivity index is 2.30. The molecule has 0 spiro atoms. The van der Waals surface area contributed by atoms with Gasteiger partial charge in [0.1, 0.15) is 5.75 Å². The van der Waals surface area contributed by atoms with Gasteiger partial charge in [-0.25, -0.2) is 0 Å². The van der Waals surface area contributed by atoms with Crippen molar-refractivity contribution < 1.29 is 4.74 Å². The Morgan fingerprint density at radius 2 is 2.24 bits per heavy atom. The van der Waals surface area contributed by atoms with Crippen LogP contribution in [0.1, 0.15) is 36.1 Å². The smallest absolute Gasteiger partial charge is 0.123 e. The average Bonchev–Trinajstić information content (AvgIpc) is 2.39. The maximum Gasteiger partial charge on any atom is 0.123 e. The first kappa shape index (κ1) is 12.8. The third-order valence-corrected chi connectivity index (χ3v) is 4.46. The molecule has 0 amide bonds. The van der Waals surface area contributed by atoms with E-state index in [9.17, 15) is 0 Å². The first-order valence-electron chi connectivity index (χ1n) is 6.22. The normalized spacial score (nSPS) is 20.6. The Morgan fingerprint density at radius 1 is 1.41 bits per heavy atom. The number of nitrogens with one attached hydrogen (secondary N) is 1. The molecule has 1 aromatic carbocycles. The summed E-state index contributed by atoms with van der Waals surface area (Å²) in [5.74, 6) is 2.77. The summed E-state index contributed by atoms with van der Waals surface area (Å²) < 4.78 is 5.49. The highest BCUT2D eigenvalue weighted by Crippen LogP contribution is 2.37. The van der Waals surface area contributed by atoms with Crippen molar-refractivity contribution in [1.82, 2.24) is 5.32 Å². The molecule has 94 valence electrons. The zero-order valence-corrected chi connectivity index (χ0v) is 11.6. The third kappa shape index (κ3) is 2.96. The number of benzene rings is 1. The molecule has 1 fully saturated rings. The van der Waals surface area contributed by atoms with Crippen molar-refractivity contribution in [1.29, 1.82) is 0 Å². The highest BCUT2D eigenvalue weighted by Gasteiger charge is 2.20. The summed E-state index contributed by atoms with van der Waals surface area (Å²) in [6.07, 6.45) is 0. The number of hydrogen-bond acceptors (Lipinski definition) is 3. The summed E-state index contributed by atoms with van der Waals surface area (Å²) in [4.78, 5) is 0. The molecule has 1 atom stereocenters. The van der Waals surface area contributed by atoms with Crippen molar-refractivity contribution in [2.75, 3.05) is 26.0 Å². The lowest BCUT2D eigenvalue weighted by Gasteiger charge is -2.25. The minimum Gasteiger partial charge on any atom is -0.496 e. The van der Waals surface area contributed by atoms with Crippen LogP contribution in [0.25, 0.3) is 0 Å². The molecular weight excluding hydrogens is 230 g/mol. The molecule has 1 aliphatic rings. The van der Waals surface area contributed by atoms with Gasteiger partial charge in [-0.05, 0) is 17.5 Å². The molecule has 1 N–H and O–H groups in total. The Hall–Kier alpha value is -0.670. The van der Waals surface area contributed by atoms with Crippen LogP contribution in [0.3, 0.4) is 0 Å². The summed E-state index contributed by atoms with van der Waals surface area (Å²) >= 11 is 2.02. The zero-order chi connectivity index (χ0) is 12.3. The fourth-order valence-corrected chi connectivity index (χ4v) is 3.27. The van der Waals surface area contributed by atoms with Gasteiger partial charge in [-0.2, -0.15) is 11.8 Å². The lowest BCUT2D eigenvalue weighted by Crippen LogP contribution is -2.28. The van der Waals surface area contributed by atoms with Crippen LogP contribution in [0, 0.1) is 0 Å². The standard InChI is InChI=1S/C14H21NOS/c1-10(2)11-4-5-13(16-3)12(8-11)14-9-15-6-7-17-14/h4-5,8,10,14-15H,6-7,9H2,1-3H3. The van der Waals surface area contributed by atoms with Gasteiger partial charge in [-0.3, -0.25) is 0 Å². The first-order chi connectivity index (χ1) is 8.22. The van der Waals surface area contributed by atoms with Crippen LogP contribution >= 0.6 is 11.8 Å². The predicted molar refractivity (Wildman–Crippen MR) is 75.2 cm³/mol. The van der Waals surface area contributed by atoms with Crippen LogP contribution < -0.4 is 10.1 Å². The van der Waals surface area contributed by atoms with E-state index in [2.05, 4.69) is 37.4 Å². The van der Waals surface area contributed by atoms with Gasteiger partial charge in [0.2, 0.25) is 0 Å². The number of thioether (sulfide) groups is 1. The van der Waals surface area contributed by atoms with Crippen molar-refractivity contribution in [3.8, 4) is 5.75 Å². The summed E-state index contributed by atoms with van der Waals surface area (Å²) in [6.45, 7) is 6.63. The van der Waals surface area contributed by atoms with Gasteiger partial charge in [0, 0.05) is 29.7 Å². The molecule has 0 aromatic heterocycles. The van der Waals surface area contributed by atoms with E-state index >= 15 is 0 Å². The summed E-state index contributed by atoms with van der Waals surface area (Å²) in [5, 5.41) is 3.98. The van der Waals surface area contributed by atoms with Gasteiger partial charge in [-0.15, -0.1) is 0 Å². The lowest BCUT2D eigenvalue weighted by molar-refractivity contribution is 0.408. The van der Waals surface area contributed by atoms with Crippen molar-refractivity contribution in [3.63, 3.8) is 0 Å². The number of hydrogen-bond donors (Lipinski definition) is 1. The molecule has 1 aromatic rings. The molecular formula is C14H21NOS. The van der Waals surface area contributed by atoms with Gasteiger partial charge in [-0.1, -0.05) is 26.0 Å². The van der Waals surface area contributed by atoms with E-state index in [0.717, 1.165) is 18.8 Å². The minimum atomic E-state index is 0.525. The average molecular weight is 251 g/mol. The van der Waals surface area contributed by atoms with E-state index < -0.39 is 0 Å². The Kier molecular flexibility index (Phi) is 4.35. The molecule has 17 heavy (non-hydrogen) atoms. The van der Waals surface area contributed by atoms with Gasteiger partial charge >= 0.3 is 0 Å². The van der Waals surface area contributed by atoms with Crippen molar-refractivity contribution in [2.45, 2.75) is 25.0 Å². The molecule has 0 aliphatic carbocycles. The second-order valence-electron chi connectivity index (χ2n) is 4.72. The second kappa shape index (κ2) is 5.78. The van der Waals surface area contributed by atoms with E-state index in [1.165, 1.54) is 16.9 Å². The quantitative estimate of drug-likeness (QED) is 0.891. The van der Waals surface area contributed by atoms with Crippen LogP contribution in [0.2, 0.25) is 0 Å². The van der Waals surface area contributed by atoms with Crippen molar-refractivity contribution in [3.05, 3.63) is 29.3 Å². The molecule has 1 saturated heterocycles. The summed E-state index contributed by atoms with van der Waals surface area (Å²) in [6, 6.07) is 6.60. The minimum absolute atomic E-state index is 0.525. The fraction of sp³-hybridized carbons (Fsp3) is 0.571. The van der Waals surface area contributed by atoms with E-state index in [0.29, 0.717) is 11.2 Å². The maximum absolute atomic E-state index is 5.49. The molecule has 1 heterocycles. The van der Waals surface area contributed by atoms with E-state index in [1.807, 2.05) is 11.8 Å². The van der Waals surface area contributed by atoms with Gasteiger partial charge in [0.15, 0.2) is 0 Å². The fourth-order valence-electron chi connectivity index (χ4n) is 2.13. The second-order valence-corrected chi connectivity index (χ2v) is 6.03. The van der Waals surface area contributed by atoms with Crippen LogP contribution in [0.4, 0.5) is 0 Å². The number of rotatable bonds is 3. The van der Waals surface area contributed by atoms with E-state index in [4.69, 9.17) is 4.74 Å². The van der Waals surface area contributed by atoms with Crippen LogP contribution in [0.15, 0.2) is 18.2 Å². The molecule has 2 nitrogen and oxygen atoms in total. The Labute approximate surface area is 108 Å². The van der Waals surface area contributed by atoms with Crippen LogP contribution in [-0.4, -0.2) is 26.0 Å². The predicted octanol–water partition coefficient (Wildman–Crippen LogP) is 3.20. The van der Waals surface area contributed by atoms with Crippen LogP contribution in [0.5, 0.6) is 5.75 Å². The molecule has 0 bridgehead atoms. The van der Waals surface area contributed by atoms with Crippen molar-refractivity contribution >= 4 is 11.8 Å². The number of ether oxygens (including phenoxy) is 1. The lowest BCUT2D eigenvalue weighted by atomic mass is 9.98. The molecule has 2 rings (SSSR count). The largest absolute Gasteiger partial charge is 0.496 e. The van der Waals surface area contributed by atoms with E-state index in [-0.39, 0.29) is 0 Å². The molecule has 3 heteroatoms. The van der Waals surface area contributed by atoms with Gasteiger partial charge in [0.25, 0.3) is 0 Å².